The average Bonchev–Trinajstić information content (AvgIpc) is 3.89. The van der Waals surface area contributed by atoms with Crippen molar-refractivity contribution < 1.29 is 61.9 Å². The minimum Gasteiger partial charge on any atom is -0.390 e. The summed E-state index contributed by atoms with van der Waals surface area (Å²) in [4.78, 5) is 52.5. The third-order valence-corrected chi connectivity index (χ3v) is 15.1. The number of rotatable bonds is 18. The number of anilines is 1. The Kier molecular flexibility index (Phi) is 13.3. The molecule has 6 aliphatic rings. The van der Waals surface area contributed by atoms with Crippen LogP contribution in [0, 0.1) is 22.7 Å². The van der Waals surface area contributed by atoms with E-state index in [-0.39, 0.29) is 68.7 Å². The maximum absolute atomic E-state index is 17.8. The van der Waals surface area contributed by atoms with Crippen molar-refractivity contribution in [1.82, 2.24) is 4.90 Å². The lowest BCUT2D eigenvalue weighted by Gasteiger charge is -2.63. The highest BCUT2D eigenvalue weighted by Gasteiger charge is 2.80. The second kappa shape index (κ2) is 18.5. The molecule has 0 aromatic heterocycles. The summed E-state index contributed by atoms with van der Waals surface area (Å²) in [6, 6.07) is 14.8. The van der Waals surface area contributed by atoms with Crippen LogP contribution in [0.25, 0.3) is 0 Å². The number of nitrogens with zero attached hydrogens (tertiary/aromatic N) is 1. The van der Waals surface area contributed by atoms with Crippen molar-refractivity contribution in [3.8, 4) is 0 Å². The number of imide groups is 1. The number of carbonyl (C=O) groups excluding carboxylic acids is 4. The van der Waals surface area contributed by atoms with Gasteiger partial charge in [-0.3, -0.25) is 24.1 Å². The summed E-state index contributed by atoms with van der Waals surface area (Å²) in [7, 11) is 0. The first-order valence-corrected chi connectivity index (χ1v) is 22.5. The first kappa shape index (κ1) is 46.2. The summed E-state index contributed by atoms with van der Waals surface area (Å²) in [5, 5.41) is 25.1. The van der Waals surface area contributed by atoms with Gasteiger partial charge >= 0.3 is 0 Å². The molecule has 2 heterocycles. The molecule has 3 saturated carbocycles. The quantitative estimate of drug-likeness (QED) is 0.122. The molecule has 2 aromatic carbocycles. The molecular weight excluding hydrogens is 851 g/mol. The highest BCUT2D eigenvalue weighted by atomic mass is 32.2. The summed E-state index contributed by atoms with van der Waals surface area (Å²) >= 11 is 1.47. The van der Waals surface area contributed by atoms with Crippen LogP contribution in [0.4, 0.5) is 14.5 Å². The molecule has 16 heteroatoms. The zero-order chi connectivity index (χ0) is 45.4. The van der Waals surface area contributed by atoms with Crippen molar-refractivity contribution in [2.24, 2.45) is 22.7 Å². The van der Waals surface area contributed by atoms with E-state index in [1.807, 2.05) is 42.5 Å². The second-order valence-corrected chi connectivity index (χ2v) is 18.8. The topological polar surface area (TPSA) is 170 Å². The van der Waals surface area contributed by atoms with E-state index in [1.54, 1.807) is 38.1 Å². The number of halogens is 2. The van der Waals surface area contributed by atoms with Gasteiger partial charge in [0.1, 0.15) is 12.8 Å². The van der Waals surface area contributed by atoms with Gasteiger partial charge in [-0.05, 0) is 73.6 Å². The van der Waals surface area contributed by atoms with E-state index in [0.29, 0.717) is 43.3 Å². The fourth-order valence-electron chi connectivity index (χ4n) is 11.0. The maximum Gasteiger partial charge on any atom is 0.253 e. The van der Waals surface area contributed by atoms with E-state index < -0.39 is 71.0 Å². The van der Waals surface area contributed by atoms with Crippen LogP contribution < -0.4 is 5.32 Å². The number of carbonyl (C=O) groups is 4. The number of allylic oxidation sites excluding steroid dienone is 5. The minimum absolute atomic E-state index is 0.143. The summed E-state index contributed by atoms with van der Waals surface area (Å²) in [6.07, 6.45) is 2.44. The zero-order valence-corrected chi connectivity index (χ0v) is 36.7. The van der Waals surface area contributed by atoms with Crippen molar-refractivity contribution in [2.75, 3.05) is 58.1 Å². The SMILES string of the molecule is C=C1C=C[C@@]2(C)C(=C1)[C@@H](F)C[C@H]1[C@@H]3C[C@H]4O[C@@H](c5ccc(Sc6cccc(NC(=O)CCOCCOCCOCCN7C(=O)C=CC7=O)c6)cc5)O[C@@]4(C(=O)CO)[C@@]3(C)C[C@H](O)[C@@]12F. The van der Waals surface area contributed by atoms with E-state index >= 15 is 8.78 Å². The Bertz CT molecular complexity index is 2240. The number of ether oxygens (including phenoxy) is 5. The van der Waals surface area contributed by atoms with E-state index in [4.69, 9.17) is 23.7 Å². The number of Topliss-reactive ketones (excluding diaryl/α,β-unsaturated/α-hetero) is 1. The number of benzene rings is 2. The molecule has 0 radical (unpaired) electrons. The molecule has 1 saturated heterocycles. The smallest absolute Gasteiger partial charge is 0.253 e. The highest BCUT2D eigenvalue weighted by Crippen LogP contribution is 2.72. The van der Waals surface area contributed by atoms with Gasteiger partial charge in [0.2, 0.25) is 5.91 Å². The van der Waals surface area contributed by atoms with Crippen LogP contribution in [-0.2, 0) is 42.9 Å². The molecule has 10 atom stereocenters. The van der Waals surface area contributed by atoms with Crippen LogP contribution in [0.1, 0.15) is 51.4 Å². The first-order valence-electron chi connectivity index (χ1n) is 21.7. The Morgan fingerprint density at radius 3 is 2.33 bits per heavy atom. The van der Waals surface area contributed by atoms with Crippen LogP contribution in [0.15, 0.2) is 106 Å². The normalized spacial score (nSPS) is 33.8. The molecule has 8 rings (SSSR count). The summed E-state index contributed by atoms with van der Waals surface area (Å²) in [5.41, 5.74) is -4.45. The average molecular weight is 905 g/mol. The predicted molar refractivity (Wildman–Crippen MR) is 230 cm³/mol. The number of nitrogens with one attached hydrogen (secondary N) is 1. The molecule has 13 nitrogen and oxygen atoms in total. The molecule has 0 bridgehead atoms. The summed E-state index contributed by atoms with van der Waals surface area (Å²) in [5.74, 6) is -3.06. The number of aliphatic hydroxyl groups is 2. The predicted octanol–water partition coefficient (Wildman–Crippen LogP) is 5.77. The van der Waals surface area contributed by atoms with Crippen molar-refractivity contribution in [3.05, 3.63) is 102 Å². The van der Waals surface area contributed by atoms with Crippen LogP contribution >= 0.6 is 11.8 Å². The van der Waals surface area contributed by atoms with E-state index in [9.17, 15) is 29.4 Å². The van der Waals surface area contributed by atoms with Crippen LogP contribution in [-0.4, -0.2) is 121 Å². The third kappa shape index (κ3) is 8.14. The van der Waals surface area contributed by atoms with Gasteiger partial charge < -0.3 is 39.2 Å². The number of hydrogen-bond acceptors (Lipinski definition) is 12. The van der Waals surface area contributed by atoms with Crippen molar-refractivity contribution >= 4 is 41.0 Å². The summed E-state index contributed by atoms with van der Waals surface area (Å²) in [6.45, 7) is 8.32. The van der Waals surface area contributed by atoms with Crippen LogP contribution in [0.5, 0.6) is 0 Å². The number of hydrogen-bond donors (Lipinski definition) is 3. The molecular formula is C48H54F2N2O11S. The van der Waals surface area contributed by atoms with Gasteiger partial charge in [0.25, 0.3) is 11.8 Å². The summed E-state index contributed by atoms with van der Waals surface area (Å²) < 4.78 is 63.4. The van der Waals surface area contributed by atoms with Crippen LogP contribution in [0.3, 0.4) is 0 Å². The molecule has 0 spiro atoms. The number of ketones is 1. The number of fused-ring (bicyclic) bond motifs is 7. The van der Waals surface area contributed by atoms with Gasteiger partial charge in [0.15, 0.2) is 23.3 Å². The second-order valence-electron chi connectivity index (χ2n) is 17.7. The molecule has 2 aliphatic heterocycles. The Morgan fingerprint density at radius 1 is 0.938 bits per heavy atom. The van der Waals surface area contributed by atoms with E-state index in [2.05, 4.69) is 11.9 Å². The zero-order valence-electron chi connectivity index (χ0n) is 35.8. The number of amides is 3. The number of aliphatic hydroxyl groups excluding tert-OH is 2. The van der Waals surface area contributed by atoms with E-state index in [0.717, 1.165) is 14.7 Å². The molecule has 4 fully saturated rings. The maximum atomic E-state index is 17.8. The van der Waals surface area contributed by atoms with Crippen molar-refractivity contribution in [3.63, 3.8) is 0 Å². The Morgan fingerprint density at radius 2 is 1.62 bits per heavy atom. The molecule has 0 unspecified atom stereocenters. The molecule has 342 valence electrons. The third-order valence-electron chi connectivity index (χ3n) is 14.1. The Balaban J connectivity index is 0.817. The molecule has 3 N–H and O–H groups in total. The Labute approximate surface area is 374 Å². The highest BCUT2D eigenvalue weighted by molar-refractivity contribution is 7.99. The van der Waals surface area contributed by atoms with Gasteiger partial charge in [0.05, 0.1) is 64.8 Å². The first-order chi connectivity index (χ1) is 30.6. The lowest BCUT2D eigenvalue weighted by atomic mass is 9.44. The van der Waals surface area contributed by atoms with Crippen molar-refractivity contribution in [2.45, 2.75) is 85.3 Å². The van der Waals surface area contributed by atoms with Gasteiger partial charge in [-0.1, -0.05) is 61.7 Å². The van der Waals surface area contributed by atoms with E-state index in [1.165, 1.54) is 23.9 Å². The molecule has 2 aromatic rings. The minimum atomic E-state index is -2.23. The lowest BCUT2D eigenvalue weighted by Crippen LogP contribution is -2.70. The fourth-order valence-corrected chi connectivity index (χ4v) is 11.9. The fraction of sp³-hybridized carbons (Fsp3) is 0.500. The standard InChI is InChI=1S/C48H54F2N2O11S/c1-29-13-15-45(2)36(23-29)37(49)25-35-34-26-40-48(39(55)28-53,46(34,3)27-38(54)47(35,45)50)63-44(62-40)30-7-9-32(10-8-30)64-33-6-4-5-31(24-33)51-41(56)14-17-59-19-21-61-22-20-60-18-16-52-42(57)11-12-43(52)58/h4-13,15,23-24,34-35,37-38,40,44,53-54H,1,14,16-22,25-28H2,2-3H3,(H,51,56)/t34-,35-,37-,38-,40+,44+,45-,46-,47-,48+/m0/s1. The molecule has 4 aliphatic carbocycles. The lowest BCUT2D eigenvalue weighted by molar-refractivity contribution is -0.235. The van der Waals surface area contributed by atoms with Gasteiger partial charge in [-0.25, -0.2) is 8.78 Å². The monoisotopic (exact) mass is 904 g/mol. The molecule has 3 amide bonds. The van der Waals surface area contributed by atoms with Crippen molar-refractivity contribution in [1.29, 1.82) is 0 Å². The number of alkyl halides is 2. The van der Waals surface area contributed by atoms with Gasteiger partial charge in [-0.15, -0.1) is 0 Å². The molecule has 64 heavy (non-hydrogen) atoms. The largest absolute Gasteiger partial charge is 0.390 e. The van der Waals surface area contributed by atoms with Gasteiger partial charge in [-0.2, -0.15) is 0 Å². The Hall–Kier alpha value is -4.39. The van der Waals surface area contributed by atoms with Gasteiger partial charge in [0, 0.05) is 49.9 Å². The van der Waals surface area contributed by atoms with Crippen LogP contribution in [0.2, 0.25) is 0 Å².